The smallest absolute Gasteiger partial charge is 0.347 e. The second kappa shape index (κ2) is 6.03. The molecule has 1 amide bonds. The zero-order chi connectivity index (χ0) is 15.6. The highest BCUT2D eigenvalue weighted by Gasteiger charge is 2.35. The highest BCUT2D eigenvalue weighted by atomic mass is 35.5. The Morgan fingerprint density at radius 2 is 1.95 bits per heavy atom. The fraction of sp³-hybridized carbons (Fsp3) is 0.154. The fourth-order valence-electron chi connectivity index (χ4n) is 1.64. The van der Waals surface area contributed by atoms with Crippen molar-refractivity contribution in [1.29, 1.82) is 0 Å². The first kappa shape index (κ1) is 15.8. The molecule has 2 rings (SSSR count). The van der Waals surface area contributed by atoms with Crippen molar-refractivity contribution in [1.82, 2.24) is 5.32 Å². The summed E-state index contributed by atoms with van der Waals surface area (Å²) in [5.41, 5.74) is -2.11. The number of carbonyl (C=O) groups excluding carboxylic acids is 1. The molecule has 0 aliphatic rings. The van der Waals surface area contributed by atoms with Crippen LogP contribution in [0.15, 0.2) is 30.3 Å². The molecule has 0 atom stereocenters. The first-order valence-electron chi connectivity index (χ1n) is 5.67. The standard InChI is InChI=1S/C13H8ClF4NOS/c14-10-5-4-7(21-10)6-19-12(20)8-2-1-3-9(11(8)15)13(16,17)18/h1-5H,6H2,(H,19,20). The molecule has 8 heteroatoms. The Morgan fingerprint density at radius 1 is 1.24 bits per heavy atom. The number of hydrogen-bond acceptors (Lipinski definition) is 2. The Labute approximate surface area is 126 Å². The van der Waals surface area contributed by atoms with Gasteiger partial charge in [-0.3, -0.25) is 4.79 Å². The van der Waals surface area contributed by atoms with Crippen LogP contribution in [0.2, 0.25) is 4.34 Å². The van der Waals surface area contributed by atoms with E-state index in [1.807, 2.05) is 0 Å². The van der Waals surface area contributed by atoms with E-state index in [0.29, 0.717) is 15.3 Å². The van der Waals surface area contributed by atoms with Crippen LogP contribution in [0.25, 0.3) is 0 Å². The summed E-state index contributed by atoms with van der Waals surface area (Å²) in [6.45, 7) is 0.0614. The first-order valence-corrected chi connectivity index (χ1v) is 6.86. The molecule has 0 aliphatic carbocycles. The molecule has 21 heavy (non-hydrogen) atoms. The van der Waals surface area contributed by atoms with E-state index in [1.165, 1.54) is 11.3 Å². The van der Waals surface area contributed by atoms with E-state index < -0.39 is 29.0 Å². The highest BCUT2D eigenvalue weighted by molar-refractivity contribution is 7.16. The fourth-order valence-corrected chi connectivity index (χ4v) is 2.66. The molecule has 0 saturated heterocycles. The minimum absolute atomic E-state index is 0.0614. The molecule has 2 nitrogen and oxygen atoms in total. The number of hydrogen-bond donors (Lipinski definition) is 1. The van der Waals surface area contributed by atoms with E-state index in [4.69, 9.17) is 11.6 Å². The van der Waals surface area contributed by atoms with Crippen LogP contribution < -0.4 is 5.32 Å². The minimum Gasteiger partial charge on any atom is -0.347 e. The maximum Gasteiger partial charge on any atom is 0.419 e. The van der Waals surface area contributed by atoms with E-state index in [0.717, 1.165) is 12.1 Å². The van der Waals surface area contributed by atoms with Crippen LogP contribution in [0.1, 0.15) is 20.8 Å². The molecule has 0 fully saturated rings. The summed E-state index contributed by atoms with van der Waals surface area (Å²) < 4.78 is 52.0. The SMILES string of the molecule is O=C(NCc1ccc(Cl)s1)c1cccc(C(F)(F)F)c1F. The number of rotatable bonds is 3. The van der Waals surface area contributed by atoms with Crippen molar-refractivity contribution in [3.63, 3.8) is 0 Å². The number of thiophene rings is 1. The van der Waals surface area contributed by atoms with E-state index in [1.54, 1.807) is 12.1 Å². The quantitative estimate of drug-likeness (QED) is 0.821. The molecule has 1 heterocycles. The lowest BCUT2D eigenvalue weighted by molar-refractivity contribution is -0.140. The number of amides is 1. The summed E-state index contributed by atoms with van der Waals surface area (Å²) in [6, 6.07) is 5.86. The maximum atomic E-state index is 13.7. The van der Waals surface area contributed by atoms with E-state index in [2.05, 4.69) is 5.32 Å². The van der Waals surface area contributed by atoms with Gasteiger partial charge in [-0.15, -0.1) is 11.3 Å². The lowest BCUT2D eigenvalue weighted by Crippen LogP contribution is -2.24. The molecule has 0 unspecified atom stereocenters. The molecule has 1 aromatic carbocycles. The van der Waals surface area contributed by atoms with Gasteiger partial charge in [0.1, 0.15) is 5.82 Å². The topological polar surface area (TPSA) is 29.1 Å². The molecule has 0 radical (unpaired) electrons. The zero-order valence-electron chi connectivity index (χ0n) is 10.3. The molecule has 1 aromatic heterocycles. The number of nitrogens with one attached hydrogen (secondary N) is 1. The van der Waals surface area contributed by atoms with Crippen LogP contribution in [0.5, 0.6) is 0 Å². The van der Waals surface area contributed by atoms with Crippen molar-refractivity contribution in [2.45, 2.75) is 12.7 Å². The zero-order valence-corrected chi connectivity index (χ0v) is 11.9. The minimum atomic E-state index is -4.85. The highest BCUT2D eigenvalue weighted by Crippen LogP contribution is 2.32. The lowest BCUT2D eigenvalue weighted by atomic mass is 10.1. The third-order valence-electron chi connectivity index (χ3n) is 2.60. The number of carbonyl (C=O) groups is 1. The molecule has 2 aromatic rings. The molecule has 0 spiro atoms. The normalized spacial score (nSPS) is 11.5. The monoisotopic (exact) mass is 337 g/mol. The van der Waals surface area contributed by atoms with E-state index in [-0.39, 0.29) is 6.54 Å². The Kier molecular flexibility index (Phi) is 4.53. The molecular formula is C13H8ClF4NOS. The van der Waals surface area contributed by atoms with E-state index >= 15 is 0 Å². The summed E-state index contributed by atoms with van der Waals surface area (Å²) in [5, 5.41) is 2.35. The predicted molar refractivity (Wildman–Crippen MR) is 71.9 cm³/mol. The van der Waals surface area contributed by atoms with Crippen molar-refractivity contribution in [3.05, 3.63) is 56.5 Å². The molecule has 0 aliphatic heterocycles. The lowest BCUT2D eigenvalue weighted by Gasteiger charge is -2.11. The second-order valence-corrected chi connectivity index (χ2v) is 5.85. The second-order valence-electron chi connectivity index (χ2n) is 4.05. The van der Waals surface area contributed by atoms with Crippen LogP contribution >= 0.6 is 22.9 Å². The van der Waals surface area contributed by atoms with Gasteiger partial charge in [0.2, 0.25) is 0 Å². The van der Waals surface area contributed by atoms with Crippen molar-refractivity contribution in [2.75, 3.05) is 0 Å². The van der Waals surface area contributed by atoms with Gasteiger partial charge in [-0.1, -0.05) is 17.7 Å². The summed E-state index contributed by atoms with van der Waals surface area (Å²) in [5.74, 6) is -2.49. The van der Waals surface area contributed by atoms with Gasteiger partial charge >= 0.3 is 6.18 Å². The number of alkyl halides is 3. The molecule has 112 valence electrons. The Bertz CT molecular complexity index is 668. The van der Waals surface area contributed by atoms with Crippen molar-refractivity contribution in [3.8, 4) is 0 Å². The van der Waals surface area contributed by atoms with Crippen LogP contribution in [0.4, 0.5) is 17.6 Å². The summed E-state index contributed by atoms with van der Waals surface area (Å²) in [7, 11) is 0. The summed E-state index contributed by atoms with van der Waals surface area (Å²) in [4.78, 5) is 12.5. The van der Waals surface area contributed by atoms with Gasteiger partial charge in [0.05, 0.1) is 22.0 Å². The van der Waals surface area contributed by atoms with Gasteiger partial charge in [-0.2, -0.15) is 13.2 Å². The largest absolute Gasteiger partial charge is 0.419 e. The number of halogens is 5. The predicted octanol–water partition coefficient (Wildman–Crippen LogP) is 4.49. The van der Waals surface area contributed by atoms with Gasteiger partial charge in [0, 0.05) is 4.88 Å². The van der Waals surface area contributed by atoms with E-state index in [9.17, 15) is 22.4 Å². The molecule has 0 saturated carbocycles. The van der Waals surface area contributed by atoms with Crippen molar-refractivity contribution < 1.29 is 22.4 Å². The van der Waals surface area contributed by atoms with Gasteiger partial charge in [-0.05, 0) is 24.3 Å². The maximum absolute atomic E-state index is 13.7. The average molecular weight is 338 g/mol. The van der Waals surface area contributed by atoms with Gasteiger partial charge in [0.25, 0.3) is 5.91 Å². The summed E-state index contributed by atoms with van der Waals surface area (Å²) >= 11 is 6.92. The molecule has 0 bridgehead atoms. The van der Waals surface area contributed by atoms with Crippen LogP contribution in [-0.2, 0) is 12.7 Å². The first-order chi connectivity index (χ1) is 9.79. The third kappa shape index (κ3) is 3.74. The third-order valence-corrected chi connectivity index (χ3v) is 3.83. The van der Waals surface area contributed by atoms with Crippen molar-refractivity contribution in [2.24, 2.45) is 0 Å². The Hall–Kier alpha value is -1.60. The van der Waals surface area contributed by atoms with Crippen LogP contribution in [-0.4, -0.2) is 5.91 Å². The van der Waals surface area contributed by atoms with Gasteiger partial charge in [0.15, 0.2) is 0 Å². The summed E-state index contributed by atoms with van der Waals surface area (Å²) in [6.07, 6.45) is -4.85. The van der Waals surface area contributed by atoms with Crippen LogP contribution in [0.3, 0.4) is 0 Å². The Balaban J connectivity index is 2.16. The Morgan fingerprint density at radius 3 is 2.52 bits per heavy atom. The van der Waals surface area contributed by atoms with Crippen molar-refractivity contribution >= 4 is 28.8 Å². The molecule has 1 N–H and O–H groups in total. The average Bonchev–Trinajstić information content (AvgIpc) is 2.80. The van der Waals surface area contributed by atoms with Gasteiger partial charge < -0.3 is 5.32 Å². The van der Waals surface area contributed by atoms with Crippen LogP contribution in [0, 0.1) is 5.82 Å². The van der Waals surface area contributed by atoms with Gasteiger partial charge in [-0.25, -0.2) is 4.39 Å². The number of benzene rings is 1. The molecular weight excluding hydrogens is 330 g/mol.